The van der Waals surface area contributed by atoms with E-state index in [2.05, 4.69) is 143 Å². The van der Waals surface area contributed by atoms with Gasteiger partial charge in [0.05, 0.1) is 15.6 Å². The van der Waals surface area contributed by atoms with E-state index in [0.717, 1.165) is 15.6 Å². The molecule has 0 aliphatic rings. The molecule has 0 fully saturated rings. The van der Waals surface area contributed by atoms with Crippen molar-refractivity contribution in [2.24, 2.45) is 10.8 Å². The molecular weight excluding hydrogens is 668 g/mol. The fraction of sp³-hybridized carbons (Fsp3) is 0.548. The lowest BCUT2D eigenvalue weighted by Gasteiger charge is -2.39. The molecule has 0 radical (unpaired) electrons. The summed E-state index contributed by atoms with van der Waals surface area (Å²) in [6.45, 7) is 25.3. The molecule has 2 atom stereocenters. The highest BCUT2D eigenvalue weighted by Crippen LogP contribution is 2.46. The van der Waals surface area contributed by atoms with Crippen LogP contribution >= 0.6 is 43.2 Å². The molecule has 2 aromatic rings. The summed E-state index contributed by atoms with van der Waals surface area (Å²) in [5, 5.41) is 0. The Labute approximate surface area is 262 Å². The fourth-order valence-corrected chi connectivity index (χ4v) is 7.94. The normalized spacial score (nSPS) is 14.6. The lowest BCUT2D eigenvalue weighted by Crippen LogP contribution is -2.31. The zero-order valence-electron chi connectivity index (χ0n) is 25.7. The number of allylic oxidation sites excluding steroid dienone is 3. The van der Waals surface area contributed by atoms with Crippen LogP contribution < -0.4 is 4.74 Å². The maximum absolute atomic E-state index is 6.73. The van der Waals surface area contributed by atoms with Crippen molar-refractivity contribution < 1.29 is 13.6 Å². The lowest BCUT2D eigenvalue weighted by molar-refractivity contribution is 0.0653. The molecule has 218 valence electrons. The topological polar surface area (TPSA) is 27.7 Å². The first kappa shape index (κ1) is 34.7. The van der Waals surface area contributed by atoms with Gasteiger partial charge in [-0.2, -0.15) is 0 Å². The van der Waals surface area contributed by atoms with Gasteiger partial charge in [-0.05, 0) is 122 Å². The fourth-order valence-electron chi connectivity index (χ4n) is 4.46. The average molecular weight is 717 g/mol. The highest BCUT2D eigenvalue weighted by molar-refractivity contribution is 9.28. The van der Waals surface area contributed by atoms with Gasteiger partial charge in [0.1, 0.15) is 12.4 Å². The second-order valence-electron chi connectivity index (χ2n) is 12.7. The smallest absolute Gasteiger partial charge is 0.171 e. The van der Waals surface area contributed by atoms with Crippen LogP contribution in [0.25, 0.3) is 5.57 Å². The van der Waals surface area contributed by atoms with Gasteiger partial charge in [0.15, 0.2) is 18.1 Å². The van der Waals surface area contributed by atoms with Crippen LogP contribution in [0.4, 0.5) is 0 Å². The zero-order valence-corrected chi connectivity index (χ0v) is 32.0. The van der Waals surface area contributed by atoms with Crippen LogP contribution in [0.1, 0.15) is 88.0 Å². The monoisotopic (exact) mass is 714 g/mol. The number of thiophene rings is 1. The van der Waals surface area contributed by atoms with Gasteiger partial charge >= 0.3 is 0 Å². The molecule has 0 N–H and O–H groups in total. The molecule has 8 heteroatoms. The minimum atomic E-state index is -1.31. The van der Waals surface area contributed by atoms with Crippen molar-refractivity contribution in [3.05, 3.63) is 66.8 Å². The summed E-state index contributed by atoms with van der Waals surface area (Å²) >= 11 is 8.67. The lowest BCUT2D eigenvalue weighted by atomic mass is 9.77. The van der Waals surface area contributed by atoms with Gasteiger partial charge in [0.2, 0.25) is 0 Å². The van der Waals surface area contributed by atoms with Crippen LogP contribution in [0.15, 0.2) is 45.9 Å². The Morgan fingerprint density at radius 3 is 1.90 bits per heavy atom. The summed E-state index contributed by atoms with van der Waals surface area (Å²) in [5.41, 5.74) is 3.63. The minimum Gasteiger partial charge on any atom is -0.488 e. The number of halogens is 2. The van der Waals surface area contributed by atoms with E-state index in [-0.39, 0.29) is 23.0 Å². The standard InChI is InChI=1S/C31H48Br2O3SSi2/c1-12-21(13-18-27(32)33)26-17-15-23(37-26)20-34-22-14-16-24(28(30(2,3)4)35-38(8)9)25(19-22)29(31(5,6)7)36-39(10)11/h13-19,28-29,38-39H,12,20H2,1-11H3. The first-order chi connectivity index (χ1) is 18.0. The van der Waals surface area contributed by atoms with E-state index >= 15 is 0 Å². The maximum Gasteiger partial charge on any atom is 0.171 e. The van der Waals surface area contributed by atoms with Gasteiger partial charge in [0, 0.05) is 9.75 Å². The number of benzene rings is 1. The van der Waals surface area contributed by atoms with Crippen molar-refractivity contribution in [2.45, 2.75) is 99.9 Å². The molecule has 39 heavy (non-hydrogen) atoms. The third-order valence-corrected chi connectivity index (χ3v) is 9.46. The number of ether oxygens (including phenoxy) is 1. The van der Waals surface area contributed by atoms with Crippen molar-refractivity contribution in [3.63, 3.8) is 0 Å². The predicted octanol–water partition coefficient (Wildman–Crippen LogP) is 10.9. The third kappa shape index (κ3) is 11.0. The molecule has 0 aliphatic heterocycles. The molecule has 0 aliphatic carbocycles. The molecule has 2 unspecified atom stereocenters. The molecule has 2 rings (SSSR count). The predicted molar refractivity (Wildman–Crippen MR) is 184 cm³/mol. The van der Waals surface area contributed by atoms with Gasteiger partial charge in [-0.3, -0.25) is 0 Å². The first-order valence-corrected chi connectivity index (χ1v) is 21.9. The van der Waals surface area contributed by atoms with E-state index in [1.54, 1.807) is 11.3 Å². The van der Waals surface area contributed by atoms with Gasteiger partial charge in [-0.1, -0.05) is 60.6 Å². The molecule has 0 amide bonds. The van der Waals surface area contributed by atoms with E-state index in [4.69, 9.17) is 13.6 Å². The van der Waals surface area contributed by atoms with Gasteiger partial charge in [0.25, 0.3) is 0 Å². The average Bonchev–Trinajstić information content (AvgIpc) is 3.27. The van der Waals surface area contributed by atoms with Crippen molar-refractivity contribution in [2.75, 3.05) is 0 Å². The Morgan fingerprint density at radius 1 is 0.846 bits per heavy atom. The summed E-state index contributed by atoms with van der Waals surface area (Å²) in [6.07, 6.45) is 5.13. The molecule has 1 aromatic carbocycles. The van der Waals surface area contributed by atoms with E-state index < -0.39 is 18.1 Å². The minimum absolute atomic E-state index is 0.00297. The Morgan fingerprint density at radius 2 is 1.41 bits per heavy atom. The molecule has 0 saturated heterocycles. The van der Waals surface area contributed by atoms with Gasteiger partial charge < -0.3 is 13.6 Å². The van der Waals surface area contributed by atoms with Crippen molar-refractivity contribution in [3.8, 4) is 5.75 Å². The van der Waals surface area contributed by atoms with Crippen molar-refractivity contribution in [1.82, 2.24) is 0 Å². The van der Waals surface area contributed by atoms with Crippen LogP contribution in [-0.4, -0.2) is 18.1 Å². The van der Waals surface area contributed by atoms with Crippen molar-refractivity contribution >= 4 is 66.9 Å². The van der Waals surface area contributed by atoms with Gasteiger partial charge in [-0.15, -0.1) is 11.3 Å². The number of hydrogen-bond donors (Lipinski definition) is 0. The summed E-state index contributed by atoms with van der Waals surface area (Å²) in [4.78, 5) is 2.48. The Kier molecular flexibility index (Phi) is 13.5. The van der Waals surface area contributed by atoms with E-state index in [1.165, 1.54) is 26.5 Å². The zero-order chi connectivity index (χ0) is 29.5. The summed E-state index contributed by atoms with van der Waals surface area (Å²) < 4.78 is 20.8. The molecule has 3 nitrogen and oxygen atoms in total. The number of rotatable bonds is 12. The highest BCUT2D eigenvalue weighted by atomic mass is 79.9. The molecular formula is C31H48Br2O3SSi2. The van der Waals surface area contributed by atoms with Gasteiger partial charge in [-0.25, -0.2) is 0 Å². The summed E-state index contributed by atoms with van der Waals surface area (Å²) in [7, 11) is -2.59. The van der Waals surface area contributed by atoms with Crippen LogP contribution in [0.5, 0.6) is 5.75 Å². The van der Waals surface area contributed by atoms with E-state index in [9.17, 15) is 0 Å². The summed E-state index contributed by atoms with van der Waals surface area (Å²) in [5.74, 6) is 0.874. The molecule has 0 bridgehead atoms. The van der Waals surface area contributed by atoms with E-state index in [1.807, 2.05) is 6.08 Å². The largest absolute Gasteiger partial charge is 0.488 e. The SMILES string of the molecule is CCC(=CC=C(Br)Br)c1ccc(COc2ccc(C(O[SiH](C)C)C(C)(C)C)c(C(O[SiH](C)C)C(C)(C)C)c2)s1. The maximum atomic E-state index is 6.73. The van der Waals surface area contributed by atoms with Crippen molar-refractivity contribution in [1.29, 1.82) is 0 Å². The second-order valence-corrected chi connectivity index (χ2v) is 21.4. The first-order valence-electron chi connectivity index (χ1n) is 13.9. The van der Waals surface area contributed by atoms with Crippen LogP contribution in [-0.2, 0) is 15.5 Å². The van der Waals surface area contributed by atoms with E-state index in [0.29, 0.717) is 6.61 Å². The molecule has 0 saturated carbocycles. The Bertz CT molecular complexity index is 1120. The van der Waals surface area contributed by atoms with Crippen LogP contribution in [0.2, 0.25) is 26.2 Å². The third-order valence-electron chi connectivity index (χ3n) is 6.16. The number of hydrogen-bond acceptors (Lipinski definition) is 4. The van der Waals surface area contributed by atoms with Crippen LogP contribution in [0.3, 0.4) is 0 Å². The summed E-state index contributed by atoms with van der Waals surface area (Å²) in [6, 6.07) is 10.9. The Balaban J connectivity index is 2.48. The second kappa shape index (κ2) is 15.1. The quantitative estimate of drug-likeness (QED) is 0.162. The molecule has 0 spiro atoms. The highest BCUT2D eigenvalue weighted by Gasteiger charge is 2.36. The molecule has 1 heterocycles. The Hall–Kier alpha value is -0.486. The molecule has 1 aromatic heterocycles. The van der Waals surface area contributed by atoms with Crippen LogP contribution in [0, 0.1) is 10.8 Å².